The third-order valence-corrected chi connectivity index (χ3v) is 2.40. The van der Waals surface area contributed by atoms with Crippen LogP contribution in [0.5, 0.6) is 11.5 Å². The van der Waals surface area contributed by atoms with E-state index in [1.807, 2.05) is 6.92 Å². The Bertz CT molecular complexity index is 341. The average molecular weight is 247 g/mol. The fraction of sp³-hybridized carbons (Fsp3) is 0.333. The number of fused-ring (bicyclic) bond motifs is 1. The molecule has 0 spiro atoms. The van der Waals surface area contributed by atoms with Crippen LogP contribution in [0.4, 0.5) is 4.39 Å². The molecule has 0 saturated carbocycles. The number of ether oxygens (including phenoxy) is 2. The highest BCUT2D eigenvalue weighted by molar-refractivity contribution is 9.10. The lowest BCUT2D eigenvalue weighted by Crippen LogP contribution is -2.25. The first-order chi connectivity index (χ1) is 6.16. The lowest BCUT2D eigenvalue weighted by Gasteiger charge is -2.23. The normalized spacial score (nSPS) is 20.1. The molecule has 70 valence electrons. The zero-order valence-electron chi connectivity index (χ0n) is 7.01. The average Bonchev–Trinajstić information content (AvgIpc) is 2.08. The SMILES string of the molecule is CC1COc2cc(Br)c(F)cc2O1. The van der Waals surface area contributed by atoms with Crippen molar-refractivity contribution in [1.29, 1.82) is 0 Å². The second-order valence-corrected chi connectivity index (χ2v) is 3.81. The van der Waals surface area contributed by atoms with Crippen molar-refractivity contribution in [3.05, 3.63) is 22.4 Å². The molecule has 0 N–H and O–H groups in total. The number of benzene rings is 1. The Hall–Kier alpha value is -0.770. The van der Waals surface area contributed by atoms with Gasteiger partial charge >= 0.3 is 0 Å². The number of hydrogen-bond donors (Lipinski definition) is 0. The van der Waals surface area contributed by atoms with E-state index in [0.717, 1.165) is 0 Å². The Balaban J connectivity index is 2.43. The van der Waals surface area contributed by atoms with Crippen molar-refractivity contribution in [2.75, 3.05) is 6.61 Å². The molecule has 1 unspecified atom stereocenters. The van der Waals surface area contributed by atoms with Gasteiger partial charge in [0.15, 0.2) is 11.5 Å². The molecular weight excluding hydrogens is 239 g/mol. The van der Waals surface area contributed by atoms with Gasteiger partial charge in [-0.2, -0.15) is 0 Å². The molecule has 1 aliphatic rings. The van der Waals surface area contributed by atoms with Crippen molar-refractivity contribution in [3.63, 3.8) is 0 Å². The molecule has 0 amide bonds. The minimum Gasteiger partial charge on any atom is -0.486 e. The van der Waals surface area contributed by atoms with Crippen LogP contribution in [0.15, 0.2) is 16.6 Å². The van der Waals surface area contributed by atoms with Crippen molar-refractivity contribution in [3.8, 4) is 11.5 Å². The quantitative estimate of drug-likeness (QED) is 0.701. The molecule has 0 aliphatic carbocycles. The Morgan fingerprint density at radius 3 is 3.00 bits per heavy atom. The molecule has 2 nitrogen and oxygen atoms in total. The fourth-order valence-electron chi connectivity index (χ4n) is 1.17. The summed E-state index contributed by atoms with van der Waals surface area (Å²) in [4.78, 5) is 0. The molecule has 0 fully saturated rings. The van der Waals surface area contributed by atoms with Gasteiger partial charge in [-0.1, -0.05) is 0 Å². The molecule has 2 rings (SSSR count). The van der Waals surface area contributed by atoms with Crippen molar-refractivity contribution < 1.29 is 13.9 Å². The van der Waals surface area contributed by atoms with Gasteiger partial charge in [0, 0.05) is 12.1 Å². The van der Waals surface area contributed by atoms with Crippen molar-refractivity contribution in [2.45, 2.75) is 13.0 Å². The maximum absolute atomic E-state index is 13.1. The van der Waals surface area contributed by atoms with Gasteiger partial charge in [-0.15, -0.1) is 0 Å². The van der Waals surface area contributed by atoms with E-state index in [1.54, 1.807) is 6.07 Å². The van der Waals surface area contributed by atoms with E-state index >= 15 is 0 Å². The molecule has 1 heterocycles. The summed E-state index contributed by atoms with van der Waals surface area (Å²) in [7, 11) is 0. The summed E-state index contributed by atoms with van der Waals surface area (Å²) in [6.45, 7) is 2.38. The van der Waals surface area contributed by atoms with Crippen LogP contribution in [0.2, 0.25) is 0 Å². The molecule has 0 bridgehead atoms. The van der Waals surface area contributed by atoms with Crippen LogP contribution in [0.25, 0.3) is 0 Å². The van der Waals surface area contributed by atoms with Crippen LogP contribution >= 0.6 is 15.9 Å². The summed E-state index contributed by atoms with van der Waals surface area (Å²) in [5, 5.41) is 0. The van der Waals surface area contributed by atoms with E-state index in [2.05, 4.69) is 15.9 Å². The third kappa shape index (κ3) is 1.63. The van der Waals surface area contributed by atoms with E-state index in [0.29, 0.717) is 22.6 Å². The Morgan fingerprint density at radius 2 is 2.23 bits per heavy atom. The molecule has 1 aliphatic heterocycles. The van der Waals surface area contributed by atoms with Crippen LogP contribution < -0.4 is 9.47 Å². The standard InChI is InChI=1S/C9H8BrFO2/c1-5-4-12-8-2-6(10)7(11)3-9(8)13-5/h2-3,5H,4H2,1H3. The zero-order chi connectivity index (χ0) is 9.42. The Morgan fingerprint density at radius 1 is 1.46 bits per heavy atom. The van der Waals surface area contributed by atoms with Gasteiger partial charge in [-0.3, -0.25) is 0 Å². The first-order valence-corrected chi connectivity index (χ1v) is 4.74. The highest BCUT2D eigenvalue weighted by Gasteiger charge is 2.19. The second-order valence-electron chi connectivity index (χ2n) is 2.95. The maximum atomic E-state index is 13.1. The predicted molar refractivity (Wildman–Crippen MR) is 49.7 cm³/mol. The molecule has 1 aromatic carbocycles. The first kappa shape index (κ1) is 8.81. The topological polar surface area (TPSA) is 18.5 Å². The van der Waals surface area contributed by atoms with E-state index in [4.69, 9.17) is 9.47 Å². The molecule has 1 aromatic rings. The zero-order valence-corrected chi connectivity index (χ0v) is 8.60. The molecule has 0 aromatic heterocycles. The first-order valence-electron chi connectivity index (χ1n) is 3.95. The minimum absolute atomic E-state index is 0.0203. The van der Waals surface area contributed by atoms with Gasteiger partial charge in [0.1, 0.15) is 18.5 Å². The van der Waals surface area contributed by atoms with Gasteiger partial charge in [-0.05, 0) is 22.9 Å². The van der Waals surface area contributed by atoms with Gasteiger partial charge in [0.05, 0.1) is 4.47 Å². The van der Waals surface area contributed by atoms with Crippen LogP contribution in [0, 0.1) is 5.82 Å². The molecular formula is C9H8BrFO2. The van der Waals surface area contributed by atoms with Gasteiger partial charge in [0.25, 0.3) is 0 Å². The third-order valence-electron chi connectivity index (χ3n) is 1.79. The molecule has 4 heteroatoms. The second kappa shape index (κ2) is 3.18. The fourth-order valence-corrected chi connectivity index (χ4v) is 1.50. The van der Waals surface area contributed by atoms with Crippen LogP contribution in [-0.4, -0.2) is 12.7 Å². The smallest absolute Gasteiger partial charge is 0.164 e. The Kier molecular flexibility index (Phi) is 2.15. The van der Waals surface area contributed by atoms with E-state index in [9.17, 15) is 4.39 Å². The summed E-state index contributed by atoms with van der Waals surface area (Å²) >= 11 is 3.08. The number of hydrogen-bond acceptors (Lipinski definition) is 2. The molecule has 13 heavy (non-hydrogen) atoms. The molecule has 0 saturated heterocycles. The van der Waals surface area contributed by atoms with E-state index in [1.165, 1.54) is 6.07 Å². The van der Waals surface area contributed by atoms with Gasteiger partial charge in [0.2, 0.25) is 0 Å². The maximum Gasteiger partial charge on any atom is 0.164 e. The van der Waals surface area contributed by atoms with Crippen LogP contribution in [0.3, 0.4) is 0 Å². The van der Waals surface area contributed by atoms with Crippen molar-refractivity contribution >= 4 is 15.9 Å². The minimum atomic E-state index is -0.337. The summed E-state index contributed by atoms with van der Waals surface area (Å²) in [5.74, 6) is 0.724. The highest BCUT2D eigenvalue weighted by atomic mass is 79.9. The molecule has 0 radical (unpaired) electrons. The predicted octanol–water partition coefficient (Wildman–Crippen LogP) is 2.75. The van der Waals surface area contributed by atoms with Crippen molar-refractivity contribution in [1.82, 2.24) is 0 Å². The summed E-state index contributed by atoms with van der Waals surface area (Å²) in [6, 6.07) is 2.91. The lowest BCUT2D eigenvalue weighted by molar-refractivity contribution is 0.103. The molecule has 1 atom stereocenters. The van der Waals surface area contributed by atoms with E-state index in [-0.39, 0.29) is 11.9 Å². The van der Waals surface area contributed by atoms with Crippen LogP contribution in [0.1, 0.15) is 6.92 Å². The van der Waals surface area contributed by atoms with Crippen LogP contribution in [-0.2, 0) is 0 Å². The summed E-state index contributed by atoms with van der Waals surface area (Å²) in [6.07, 6.45) is -0.0203. The number of halogens is 2. The Labute approximate surface area is 83.8 Å². The highest BCUT2D eigenvalue weighted by Crippen LogP contribution is 2.35. The monoisotopic (exact) mass is 246 g/mol. The van der Waals surface area contributed by atoms with Gasteiger partial charge < -0.3 is 9.47 Å². The van der Waals surface area contributed by atoms with Gasteiger partial charge in [-0.25, -0.2) is 4.39 Å². The summed E-state index contributed by atoms with van der Waals surface area (Å²) < 4.78 is 24.2. The number of rotatable bonds is 0. The largest absolute Gasteiger partial charge is 0.486 e. The van der Waals surface area contributed by atoms with Crippen molar-refractivity contribution in [2.24, 2.45) is 0 Å². The summed E-state index contributed by atoms with van der Waals surface area (Å²) in [5.41, 5.74) is 0. The van der Waals surface area contributed by atoms with E-state index < -0.39 is 0 Å². The lowest BCUT2D eigenvalue weighted by atomic mass is 10.2.